The maximum atomic E-state index is 12.9. The summed E-state index contributed by atoms with van der Waals surface area (Å²) in [5, 5.41) is 8.31. The lowest BCUT2D eigenvalue weighted by atomic mass is 9.51. The molecule has 128 valence electrons. The Labute approximate surface area is 141 Å². The van der Waals surface area contributed by atoms with E-state index in [-0.39, 0.29) is 17.4 Å². The lowest BCUT2D eigenvalue weighted by Crippen LogP contribution is -2.67. The number of fused-ring (bicyclic) bond motifs is 1. The number of amides is 1. The van der Waals surface area contributed by atoms with Crippen molar-refractivity contribution in [1.29, 1.82) is 0 Å². The summed E-state index contributed by atoms with van der Waals surface area (Å²) in [5.74, 6) is -0.0234. The number of nitrogens with one attached hydrogen (secondary N) is 1. The zero-order chi connectivity index (χ0) is 16.9. The summed E-state index contributed by atoms with van der Waals surface area (Å²) in [6, 6.07) is 2.07. The molecule has 4 rings (SSSR count). The van der Waals surface area contributed by atoms with Gasteiger partial charge in [0.1, 0.15) is 0 Å². The standard InChI is InChI=1S/C18H24N4O2/c1-4-24-15-9-14(18(15)6-5-7-18)21-17(23)12-8-11(2)20-16-13(12)10-19-22(16)3/h8,10,14-15H,4-7,9H2,1-3H3,(H,21,23)/t14-,15-/m1/s1. The van der Waals surface area contributed by atoms with Gasteiger partial charge in [-0.2, -0.15) is 5.10 Å². The van der Waals surface area contributed by atoms with Gasteiger partial charge in [0.05, 0.1) is 23.3 Å². The molecule has 2 aliphatic carbocycles. The number of aryl methyl sites for hydroxylation is 2. The van der Waals surface area contributed by atoms with Gasteiger partial charge in [0.15, 0.2) is 5.65 Å². The summed E-state index contributed by atoms with van der Waals surface area (Å²) >= 11 is 0. The second kappa shape index (κ2) is 5.55. The van der Waals surface area contributed by atoms with E-state index in [1.54, 1.807) is 10.9 Å². The monoisotopic (exact) mass is 328 g/mol. The third-order valence-electron chi connectivity index (χ3n) is 5.82. The molecule has 0 saturated heterocycles. The Kier molecular flexibility index (Phi) is 3.60. The van der Waals surface area contributed by atoms with Gasteiger partial charge in [0.2, 0.25) is 0 Å². The summed E-state index contributed by atoms with van der Waals surface area (Å²) < 4.78 is 7.58. The molecule has 24 heavy (non-hydrogen) atoms. The molecule has 2 atom stereocenters. The first-order chi connectivity index (χ1) is 11.5. The summed E-state index contributed by atoms with van der Waals surface area (Å²) in [6.45, 7) is 4.69. The van der Waals surface area contributed by atoms with E-state index in [9.17, 15) is 4.79 Å². The number of hydrogen-bond acceptors (Lipinski definition) is 4. The lowest BCUT2D eigenvalue weighted by Gasteiger charge is -2.61. The summed E-state index contributed by atoms with van der Waals surface area (Å²) in [5.41, 5.74) is 2.41. The fourth-order valence-electron chi connectivity index (χ4n) is 4.30. The second-order valence-electron chi connectivity index (χ2n) is 7.11. The number of rotatable bonds is 4. The number of nitrogens with zero attached hydrogens (tertiary/aromatic N) is 3. The molecule has 2 aliphatic rings. The van der Waals surface area contributed by atoms with Crippen LogP contribution in [-0.2, 0) is 11.8 Å². The van der Waals surface area contributed by atoms with Gasteiger partial charge in [-0.3, -0.25) is 9.48 Å². The van der Waals surface area contributed by atoms with Crippen molar-refractivity contribution in [2.75, 3.05) is 6.61 Å². The molecule has 1 spiro atoms. The van der Waals surface area contributed by atoms with Crippen LogP contribution in [0.4, 0.5) is 0 Å². The van der Waals surface area contributed by atoms with Crippen molar-refractivity contribution in [1.82, 2.24) is 20.1 Å². The predicted octanol–water partition coefficient (Wildman–Crippen LogP) is 2.35. The normalized spacial score (nSPS) is 24.6. The van der Waals surface area contributed by atoms with Crippen LogP contribution in [0.3, 0.4) is 0 Å². The molecule has 2 aromatic heterocycles. The lowest BCUT2D eigenvalue weighted by molar-refractivity contribution is -0.169. The van der Waals surface area contributed by atoms with E-state index in [2.05, 4.69) is 15.4 Å². The van der Waals surface area contributed by atoms with Gasteiger partial charge in [-0.1, -0.05) is 6.42 Å². The Morgan fingerprint density at radius 2 is 2.29 bits per heavy atom. The van der Waals surface area contributed by atoms with Gasteiger partial charge < -0.3 is 10.1 Å². The average Bonchev–Trinajstić information content (AvgIpc) is 2.85. The average molecular weight is 328 g/mol. The van der Waals surface area contributed by atoms with Crippen molar-refractivity contribution in [3.05, 3.63) is 23.5 Å². The number of aromatic nitrogens is 3. The van der Waals surface area contributed by atoms with E-state index in [1.165, 1.54) is 6.42 Å². The van der Waals surface area contributed by atoms with Crippen LogP contribution < -0.4 is 5.32 Å². The number of hydrogen-bond donors (Lipinski definition) is 1. The van der Waals surface area contributed by atoms with Crippen LogP contribution in [0, 0.1) is 12.3 Å². The van der Waals surface area contributed by atoms with Crippen LogP contribution in [0.5, 0.6) is 0 Å². The number of carbonyl (C=O) groups is 1. The van der Waals surface area contributed by atoms with Crippen LogP contribution in [-0.4, -0.2) is 39.4 Å². The summed E-state index contributed by atoms with van der Waals surface area (Å²) in [7, 11) is 1.85. The molecule has 6 heteroatoms. The third kappa shape index (κ3) is 2.16. The first-order valence-electron chi connectivity index (χ1n) is 8.77. The van der Waals surface area contributed by atoms with E-state index in [1.807, 2.05) is 27.0 Å². The molecule has 1 amide bonds. The van der Waals surface area contributed by atoms with E-state index in [0.29, 0.717) is 11.7 Å². The fourth-order valence-corrected chi connectivity index (χ4v) is 4.30. The first kappa shape index (κ1) is 15.6. The molecule has 1 N–H and O–H groups in total. The SMILES string of the molecule is CCO[C@@H]1C[C@@H](NC(=O)c2cc(C)nc3c2cnn3C)C12CCC2. The maximum Gasteiger partial charge on any atom is 0.252 e. The van der Waals surface area contributed by atoms with Crippen molar-refractivity contribution in [2.24, 2.45) is 12.5 Å². The highest BCUT2D eigenvalue weighted by atomic mass is 16.5. The molecule has 2 fully saturated rings. The highest BCUT2D eigenvalue weighted by Crippen LogP contribution is 2.57. The highest BCUT2D eigenvalue weighted by molar-refractivity contribution is 6.05. The molecular weight excluding hydrogens is 304 g/mol. The topological polar surface area (TPSA) is 69.0 Å². The predicted molar refractivity (Wildman–Crippen MR) is 90.8 cm³/mol. The van der Waals surface area contributed by atoms with Gasteiger partial charge >= 0.3 is 0 Å². The first-order valence-corrected chi connectivity index (χ1v) is 8.77. The fraction of sp³-hybridized carbons (Fsp3) is 0.611. The smallest absolute Gasteiger partial charge is 0.252 e. The molecule has 2 heterocycles. The Hall–Kier alpha value is -1.95. The largest absolute Gasteiger partial charge is 0.378 e. The molecule has 6 nitrogen and oxygen atoms in total. The third-order valence-corrected chi connectivity index (χ3v) is 5.82. The van der Waals surface area contributed by atoms with E-state index >= 15 is 0 Å². The Morgan fingerprint density at radius 3 is 2.96 bits per heavy atom. The quantitative estimate of drug-likeness (QED) is 0.935. The molecular formula is C18H24N4O2. The molecule has 0 bridgehead atoms. The molecule has 2 aromatic rings. The minimum atomic E-state index is -0.0234. The van der Waals surface area contributed by atoms with Gasteiger partial charge in [-0.15, -0.1) is 0 Å². The molecule has 0 aliphatic heterocycles. The Balaban J connectivity index is 1.57. The molecule has 0 unspecified atom stereocenters. The van der Waals surface area contributed by atoms with E-state index < -0.39 is 0 Å². The van der Waals surface area contributed by atoms with Crippen LogP contribution in [0.15, 0.2) is 12.3 Å². The second-order valence-corrected chi connectivity index (χ2v) is 7.11. The highest BCUT2D eigenvalue weighted by Gasteiger charge is 2.59. The van der Waals surface area contributed by atoms with Gasteiger partial charge in [0, 0.05) is 30.8 Å². The summed E-state index contributed by atoms with van der Waals surface area (Å²) in [4.78, 5) is 17.4. The van der Waals surface area contributed by atoms with Crippen LogP contribution >= 0.6 is 0 Å². The van der Waals surface area contributed by atoms with Gasteiger partial charge in [-0.25, -0.2) is 4.98 Å². The minimum absolute atomic E-state index is 0.0234. The van der Waals surface area contributed by atoms with Crippen molar-refractivity contribution >= 4 is 16.9 Å². The Morgan fingerprint density at radius 1 is 1.50 bits per heavy atom. The van der Waals surface area contributed by atoms with Crippen molar-refractivity contribution in [3.63, 3.8) is 0 Å². The summed E-state index contributed by atoms with van der Waals surface area (Å²) in [6.07, 6.45) is 6.48. The van der Waals surface area contributed by atoms with Gasteiger partial charge in [-0.05, 0) is 39.2 Å². The molecule has 2 saturated carbocycles. The van der Waals surface area contributed by atoms with Gasteiger partial charge in [0.25, 0.3) is 5.91 Å². The zero-order valence-corrected chi connectivity index (χ0v) is 14.5. The number of pyridine rings is 1. The van der Waals surface area contributed by atoms with Crippen LogP contribution in [0.2, 0.25) is 0 Å². The van der Waals surface area contributed by atoms with Crippen LogP contribution in [0.25, 0.3) is 11.0 Å². The van der Waals surface area contributed by atoms with Crippen molar-refractivity contribution in [3.8, 4) is 0 Å². The number of carbonyl (C=O) groups excluding carboxylic acids is 1. The Bertz CT molecular complexity index is 794. The number of ether oxygens (including phenoxy) is 1. The maximum absolute atomic E-state index is 12.9. The van der Waals surface area contributed by atoms with Crippen LogP contribution in [0.1, 0.15) is 48.7 Å². The van der Waals surface area contributed by atoms with E-state index in [0.717, 1.165) is 42.6 Å². The molecule has 0 aromatic carbocycles. The van der Waals surface area contributed by atoms with E-state index in [4.69, 9.17) is 4.74 Å². The minimum Gasteiger partial charge on any atom is -0.378 e. The molecule has 0 radical (unpaired) electrons. The van der Waals surface area contributed by atoms with Crippen molar-refractivity contribution < 1.29 is 9.53 Å². The van der Waals surface area contributed by atoms with Crippen molar-refractivity contribution in [2.45, 2.75) is 51.7 Å². The zero-order valence-electron chi connectivity index (χ0n) is 14.5.